The molecule has 2 aromatic rings. The van der Waals surface area contributed by atoms with Gasteiger partial charge in [-0.05, 0) is 45.1 Å². The Hall–Kier alpha value is -1.17. The van der Waals surface area contributed by atoms with E-state index in [9.17, 15) is 0 Å². The Kier molecular flexibility index (Phi) is 5.13. The Morgan fingerprint density at radius 2 is 2.32 bits per heavy atom. The molecule has 0 saturated carbocycles. The summed E-state index contributed by atoms with van der Waals surface area (Å²) in [5, 5.41) is 5.74. The lowest BCUT2D eigenvalue weighted by Crippen LogP contribution is -2.27. The molecule has 0 radical (unpaired) electrons. The van der Waals surface area contributed by atoms with Crippen LogP contribution in [0, 0.1) is 0 Å². The SMILES string of the molecule is CN(C)CCCNC(c1cccs1)c1nccn1C. The predicted octanol–water partition coefficient (Wildman–Crippen LogP) is 2.11. The van der Waals surface area contributed by atoms with Crippen molar-refractivity contribution in [2.75, 3.05) is 27.2 Å². The molecule has 19 heavy (non-hydrogen) atoms. The standard InChI is InChI=1S/C14H22N4S/c1-17(2)9-5-7-15-13(12-6-4-11-19-12)14-16-8-10-18(14)3/h4,6,8,10-11,13,15H,5,7,9H2,1-3H3. The van der Waals surface area contributed by atoms with E-state index in [4.69, 9.17) is 0 Å². The van der Waals surface area contributed by atoms with E-state index in [1.165, 1.54) is 4.88 Å². The summed E-state index contributed by atoms with van der Waals surface area (Å²) in [7, 11) is 6.26. The van der Waals surface area contributed by atoms with Gasteiger partial charge in [0.15, 0.2) is 0 Å². The van der Waals surface area contributed by atoms with E-state index < -0.39 is 0 Å². The summed E-state index contributed by atoms with van der Waals surface area (Å²) in [5.74, 6) is 1.08. The predicted molar refractivity (Wildman–Crippen MR) is 80.5 cm³/mol. The monoisotopic (exact) mass is 278 g/mol. The minimum atomic E-state index is 0.196. The fourth-order valence-electron chi connectivity index (χ4n) is 2.07. The van der Waals surface area contributed by atoms with Crippen molar-refractivity contribution < 1.29 is 0 Å². The molecule has 2 heterocycles. The summed E-state index contributed by atoms with van der Waals surface area (Å²) in [6.07, 6.45) is 4.99. The van der Waals surface area contributed by atoms with E-state index in [-0.39, 0.29) is 6.04 Å². The van der Waals surface area contributed by atoms with Gasteiger partial charge in [-0.1, -0.05) is 6.07 Å². The van der Waals surface area contributed by atoms with Crippen LogP contribution in [-0.2, 0) is 7.05 Å². The number of nitrogens with one attached hydrogen (secondary N) is 1. The quantitative estimate of drug-likeness (QED) is 0.788. The number of rotatable bonds is 7. The van der Waals surface area contributed by atoms with Gasteiger partial charge in [-0.2, -0.15) is 0 Å². The molecule has 0 amide bonds. The van der Waals surface area contributed by atoms with Crippen LogP contribution in [-0.4, -0.2) is 41.6 Å². The molecule has 104 valence electrons. The highest BCUT2D eigenvalue weighted by atomic mass is 32.1. The Bertz CT molecular complexity index is 475. The molecule has 2 aromatic heterocycles. The third-order valence-electron chi connectivity index (χ3n) is 3.07. The first kappa shape index (κ1) is 14.2. The van der Waals surface area contributed by atoms with Crippen LogP contribution in [0.25, 0.3) is 0 Å². The lowest BCUT2D eigenvalue weighted by atomic mass is 10.2. The van der Waals surface area contributed by atoms with Crippen LogP contribution in [0.2, 0.25) is 0 Å². The zero-order chi connectivity index (χ0) is 13.7. The van der Waals surface area contributed by atoms with Gasteiger partial charge in [-0.25, -0.2) is 4.98 Å². The first-order chi connectivity index (χ1) is 9.18. The molecule has 4 nitrogen and oxygen atoms in total. The highest BCUT2D eigenvalue weighted by molar-refractivity contribution is 7.10. The van der Waals surface area contributed by atoms with Gasteiger partial charge in [-0.15, -0.1) is 11.3 Å². The maximum Gasteiger partial charge on any atom is 0.131 e. The topological polar surface area (TPSA) is 33.1 Å². The Balaban J connectivity index is 2.02. The summed E-state index contributed by atoms with van der Waals surface area (Å²) >= 11 is 1.78. The maximum absolute atomic E-state index is 4.48. The maximum atomic E-state index is 4.48. The van der Waals surface area contributed by atoms with Crippen LogP contribution in [0.15, 0.2) is 29.9 Å². The summed E-state index contributed by atoms with van der Waals surface area (Å²) in [6.45, 7) is 2.10. The van der Waals surface area contributed by atoms with Gasteiger partial charge in [0.25, 0.3) is 0 Å². The first-order valence-electron chi connectivity index (χ1n) is 6.57. The summed E-state index contributed by atoms with van der Waals surface area (Å²) < 4.78 is 2.09. The Labute approximate surface area is 119 Å². The molecule has 0 aliphatic rings. The molecule has 0 bridgehead atoms. The average molecular weight is 278 g/mol. The van der Waals surface area contributed by atoms with Crippen molar-refractivity contribution in [3.05, 3.63) is 40.6 Å². The highest BCUT2D eigenvalue weighted by Gasteiger charge is 2.18. The second kappa shape index (κ2) is 6.84. The lowest BCUT2D eigenvalue weighted by molar-refractivity contribution is 0.389. The lowest BCUT2D eigenvalue weighted by Gasteiger charge is -2.18. The second-order valence-electron chi connectivity index (χ2n) is 4.96. The fourth-order valence-corrected chi connectivity index (χ4v) is 2.87. The number of hydrogen-bond acceptors (Lipinski definition) is 4. The van der Waals surface area contributed by atoms with E-state index >= 15 is 0 Å². The van der Waals surface area contributed by atoms with Gasteiger partial charge in [0.1, 0.15) is 11.9 Å². The first-order valence-corrected chi connectivity index (χ1v) is 7.45. The molecule has 2 rings (SSSR count). The molecule has 1 atom stereocenters. The van der Waals surface area contributed by atoms with Crippen LogP contribution in [0.3, 0.4) is 0 Å². The molecule has 5 heteroatoms. The molecule has 1 N–H and O–H groups in total. The molecule has 0 saturated heterocycles. The van der Waals surface area contributed by atoms with Gasteiger partial charge in [0.05, 0.1) is 0 Å². The van der Waals surface area contributed by atoms with Crippen molar-refractivity contribution in [3.8, 4) is 0 Å². The van der Waals surface area contributed by atoms with Crippen molar-refractivity contribution in [1.82, 2.24) is 19.8 Å². The molecular formula is C14H22N4S. The van der Waals surface area contributed by atoms with E-state index in [1.807, 2.05) is 19.4 Å². The molecule has 1 unspecified atom stereocenters. The molecule has 0 aliphatic heterocycles. The fraction of sp³-hybridized carbons (Fsp3) is 0.500. The third-order valence-corrected chi connectivity index (χ3v) is 4.01. The van der Waals surface area contributed by atoms with Crippen LogP contribution in [0.1, 0.15) is 23.2 Å². The summed E-state index contributed by atoms with van der Waals surface area (Å²) in [5.41, 5.74) is 0. The summed E-state index contributed by atoms with van der Waals surface area (Å²) in [4.78, 5) is 8.01. The van der Waals surface area contributed by atoms with Gasteiger partial charge in [0.2, 0.25) is 0 Å². The largest absolute Gasteiger partial charge is 0.336 e. The average Bonchev–Trinajstić information content (AvgIpc) is 3.01. The van der Waals surface area contributed by atoms with Crippen LogP contribution in [0.4, 0.5) is 0 Å². The van der Waals surface area contributed by atoms with Crippen LogP contribution < -0.4 is 5.32 Å². The smallest absolute Gasteiger partial charge is 0.131 e. The van der Waals surface area contributed by atoms with Crippen molar-refractivity contribution in [2.45, 2.75) is 12.5 Å². The van der Waals surface area contributed by atoms with Crippen molar-refractivity contribution in [2.24, 2.45) is 7.05 Å². The number of nitrogens with zero attached hydrogens (tertiary/aromatic N) is 3. The van der Waals surface area contributed by atoms with Crippen LogP contribution in [0.5, 0.6) is 0 Å². The van der Waals surface area contributed by atoms with E-state index in [0.717, 1.165) is 25.3 Å². The zero-order valence-electron chi connectivity index (χ0n) is 11.8. The van der Waals surface area contributed by atoms with Crippen LogP contribution >= 0.6 is 11.3 Å². The van der Waals surface area contributed by atoms with Gasteiger partial charge >= 0.3 is 0 Å². The van der Waals surface area contributed by atoms with Gasteiger partial charge in [-0.3, -0.25) is 0 Å². The highest BCUT2D eigenvalue weighted by Crippen LogP contribution is 2.24. The number of aryl methyl sites for hydroxylation is 1. The summed E-state index contributed by atoms with van der Waals surface area (Å²) in [6, 6.07) is 4.46. The van der Waals surface area contributed by atoms with Crippen molar-refractivity contribution in [3.63, 3.8) is 0 Å². The normalized spacial score (nSPS) is 13.1. The van der Waals surface area contributed by atoms with Gasteiger partial charge in [0, 0.05) is 24.3 Å². The third kappa shape index (κ3) is 3.89. The molecule has 0 aliphatic carbocycles. The van der Waals surface area contributed by atoms with Crippen molar-refractivity contribution in [1.29, 1.82) is 0 Å². The number of hydrogen-bond donors (Lipinski definition) is 1. The minimum absolute atomic E-state index is 0.196. The number of imidazole rings is 1. The Morgan fingerprint density at radius 3 is 2.89 bits per heavy atom. The Morgan fingerprint density at radius 1 is 1.47 bits per heavy atom. The second-order valence-corrected chi connectivity index (χ2v) is 5.94. The number of thiophene rings is 1. The molecule has 0 aromatic carbocycles. The minimum Gasteiger partial charge on any atom is -0.336 e. The molecular weight excluding hydrogens is 256 g/mol. The van der Waals surface area contributed by atoms with E-state index in [2.05, 4.69) is 51.4 Å². The van der Waals surface area contributed by atoms with Gasteiger partial charge < -0.3 is 14.8 Å². The molecule has 0 fully saturated rings. The van der Waals surface area contributed by atoms with Crippen molar-refractivity contribution >= 4 is 11.3 Å². The van der Waals surface area contributed by atoms with E-state index in [0.29, 0.717) is 0 Å². The zero-order valence-corrected chi connectivity index (χ0v) is 12.7. The number of aromatic nitrogens is 2. The molecule has 0 spiro atoms. The van der Waals surface area contributed by atoms with E-state index in [1.54, 1.807) is 11.3 Å².